The summed E-state index contributed by atoms with van der Waals surface area (Å²) in [5.74, 6) is -1.02. The van der Waals surface area contributed by atoms with Gasteiger partial charge in [-0.15, -0.1) is 0 Å². The van der Waals surface area contributed by atoms with Crippen LogP contribution in [0.2, 0.25) is 0 Å². The van der Waals surface area contributed by atoms with Crippen molar-refractivity contribution in [3.63, 3.8) is 0 Å². The Morgan fingerprint density at radius 2 is 2.17 bits per heavy atom. The van der Waals surface area contributed by atoms with E-state index in [0.717, 1.165) is 11.3 Å². The molecule has 0 saturated heterocycles. The summed E-state index contributed by atoms with van der Waals surface area (Å²) in [6.45, 7) is 1.91. The number of carbonyl (C=O) groups is 1. The summed E-state index contributed by atoms with van der Waals surface area (Å²) in [6, 6.07) is 6.61. The Labute approximate surface area is 104 Å². The maximum Gasteiger partial charge on any atom is 0.337 e. The van der Waals surface area contributed by atoms with E-state index in [1.165, 1.54) is 6.07 Å². The zero-order chi connectivity index (χ0) is 13.1. The van der Waals surface area contributed by atoms with Crippen LogP contribution in [0.4, 0.5) is 17.1 Å². The first-order valence-electron chi connectivity index (χ1n) is 5.39. The van der Waals surface area contributed by atoms with E-state index in [1.807, 2.05) is 13.0 Å². The van der Waals surface area contributed by atoms with Crippen molar-refractivity contribution in [2.24, 2.45) is 0 Å². The van der Waals surface area contributed by atoms with Gasteiger partial charge in [0.15, 0.2) is 0 Å². The molecule has 0 radical (unpaired) electrons. The molecule has 0 unspecified atom stereocenters. The number of para-hydroxylation sites is 1. The molecule has 0 amide bonds. The second-order valence-corrected chi connectivity index (χ2v) is 3.89. The van der Waals surface area contributed by atoms with E-state index < -0.39 is 5.97 Å². The number of aromatic carboxylic acids is 1. The SMILES string of the molecule is Cc1ccncc1Nc1c(N)cccc1C(=O)O. The molecule has 0 spiro atoms. The second kappa shape index (κ2) is 4.75. The van der Waals surface area contributed by atoms with Crippen molar-refractivity contribution in [2.75, 3.05) is 11.1 Å². The number of anilines is 3. The zero-order valence-electron chi connectivity index (χ0n) is 9.84. The first-order chi connectivity index (χ1) is 8.59. The van der Waals surface area contributed by atoms with Gasteiger partial charge in [0.1, 0.15) is 0 Å². The van der Waals surface area contributed by atoms with Crippen LogP contribution in [0.3, 0.4) is 0 Å². The number of carboxylic acid groups (broad SMARTS) is 1. The minimum Gasteiger partial charge on any atom is -0.478 e. The Balaban J connectivity index is 2.46. The molecule has 18 heavy (non-hydrogen) atoms. The molecule has 4 N–H and O–H groups in total. The van der Waals surface area contributed by atoms with Crippen LogP contribution in [0.5, 0.6) is 0 Å². The third-order valence-corrected chi connectivity index (χ3v) is 2.63. The number of nitrogens with two attached hydrogens (primary N) is 1. The minimum atomic E-state index is -1.02. The molecule has 0 fully saturated rings. The molecule has 92 valence electrons. The van der Waals surface area contributed by atoms with Gasteiger partial charge in [0.05, 0.1) is 28.8 Å². The van der Waals surface area contributed by atoms with E-state index in [9.17, 15) is 4.79 Å². The molecule has 1 aromatic heterocycles. The molecule has 5 nitrogen and oxygen atoms in total. The molecule has 0 saturated carbocycles. The third-order valence-electron chi connectivity index (χ3n) is 2.63. The lowest BCUT2D eigenvalue weighted by atomic mass is 10.1. The maximum absolute atomic E-state index is 11.1. The number of hydrogen-bond acceptors (Lipinski definition) is 4. The molecule has 1 heterocycles. The summed E-state index contributed by atoms with van der Waals surface area (Å²) in [5.41, 5.74) is 8.42. The molecular weight excluding hydrogens is 230 g/mol. The zero-order valence-corrected chi connectivity index (χ0v) is 9.84. The van der Waals surface area contributed by atoms with Gasteiger partial charge in [0.2, 0.25) is 0 Å². The molecule has 0 atom stereocenters. The van der Waals surface area contributed by atoms with Crippen LogP contribution in [0.15, 0.2) is 36.7 Å². The molecular formula is C13H13N3O2. The first kappa shape index (κ1) is 11.9. The average molecular weight is 243 g/mol. The quantitative estimate of drug-likeness (QED) is 0.720. The van der Waals surface area contributed by atoms with E-state index in [1.54, 1.807) is 24.5 Å². The molecule has 5 heteroatoms. The Morgan fingerprint density at radius 3 is 2.83 bits per heavy atom. The first-order valence-corrected chi connectivity index (χ1v) is 5.39. The van der Waals surface area contributed by atoms with E-state index in [2.05, 4.69) is 10.3 Å². The van der Waals surface area contributed by atoms with Crippen LogP contribution in [-0.2, 0) is 0 Å². The number of nitrogens with one attached hydrogen (secondary N) is 1. The number of aryl methyl sites for hydroxylation is 1. The largest absolute Gasteiger partial charge is 0.478 e. The number of carboxylic acids is 1. The molecule has 0 aliphatic heterocycles. The lowest BCUT2D eigenvalue weighted by Crippen LogP contribution is -2.06. The Bertz CT molecular complexity index is 597. The van der Waals surface area contributed by atoms with Gasteiger partial charge in [0.25, 0.3) is 0 Å². The Kier molecular flexibility index (Phi) is 3.14. The van der Waals surface area contributed by atoms with Crippen molar-refractivity contribution in [1.29, 1.82) is 0 Å². The van der Waals surface area contributed by atoms with Gasteiger partial charge in [-0.2, -0.15) is 0 Å². The van der Waals surface area contributed by atoms with Gasteiger partial charge in [-0.25, -0.2) is 4.79 Å². The van der Waals surface area contributed by atoms with Crippen LogP contribution in [-0.4, -0.2) is 16.1 Å². The third kappa shape index (κ3) is 2.24. The van der Waals surface area contributed by atoms with Crippen molar-refractivity contribution < 1.29 is 9.90 Å². The van der Waals surface area contributed by atoms with Crippen LogP contribution in [0, 0.1) is 6.92 Å². The van der Waals surface area contributed by atoms with E-state index in [0.29, 0.717) is 11.4 Å². The highest BCUT2D eigenvalue weighted by Gasteiger charge is 2.13. The number of pyridine rings is 1. The molecule has 2 rings (SSSR count). The maximum atomic E-state index is 11.1. The molecule has 2 aromatic rings. The highest BCUT2D eigenvalue weighted by atomic mass is 16.4. The van der Waals surface area contributed by atoms with Gasteiger partial charge in [-0.05, 0) is 30.7 Å². The lowest BCUT2D eigenvalue weighted by Gasteiger charge is -2.13. The fourth-order valence-corrected chi connectivity index (χ4v) is 1.62. The monoisotopic (exact) mass is 243 g/mol. The lowest BCUT2D eigenvalue weighted by molar-refractivity contribution is 0.0698. The highest BCUT2D eigenvalue weighted by molar-refractivity contribution is 5.98. The Hall–Kier alpha value is -2.56. The number of rotatable bonds is 3. The van der Waals surface area contributed by atoms with Gasteiger partial charge >= 0.3 is 5.97 Å². The summed E-state index contributed by atoms with van der Waals surface area (Å²) >= 11 is 0. The topological polar surface area (TPSA) is 88.2 Å². The van der Waals surface area contributed by atoms with Crippen LogP contribution >= 0.6 is 0 Å². The molecule has 1 aromatic carbocycles. The summed E-state index contributed by atoms with van der Waals surface area (Å²) in [4.78, 5) is 15.1. The van der Waals surface area contributed by atoms with Gasteiger partial charge in [-0.1, -0.05) is 6.07 Å². The summed E-state index contributed by atoms with van der Waals surface area (Å²) < 4.78 is 0. The van der Waals surface area contributed by atoms with Crippen LogP contribution in [0.25, 0.3) is 0 Å². The Morgan fingerprint density at radius 1 is 1.39 bits per heavy atom. The smallest absolute Gasteiger partial charge is 0.337 e. The average Bonchev–Trinajstić information content (AvgIpc) is 2.34. The normalized spacial score (nSPS) is 10.1. The number of benzene rings is 1. The predicted octanol–water partition coefficient (Wildman–Crippen LogP) is 2.41. The van der Waals surface area contributed by atoms with Crippen LogP contribution in [0.1, 0.15) is 15.9 Å². The van der Waals surface area contributed by atoms with Gasteiger partial charge in [-0.3, -0.25) is 4.98 Å². The fourth-order valence-electron chi connectivity index (χ4n) is 1.62. The molecule has 0 aliphatic rings. The number of aromatic nitrogens is 1. The van der Waals surface area contributed by atoms with Gasteiger partial charge < -0.3 is 16.2 Å². The highest BCUT2D eigenvalue weighted by Crippen LogP contribution is 2.28. The van der Waals surface area contributed by atoms with E-state index in [4.69, 9.17) is 10.8 Å². The van der Waals surface area contributed by atoms with Crippen molar-refractivity contribution in [3.8, 4) is 0 Å². The number of nitrogens with zero attached hydrogens (tertiary/aromatic N) is 1. The standard InChI is InChI=1S/C13H13N3O2/c1-8-5-6-15-7-11(8)16-12-9(13(17)18)3-2-4-10(12)14/h2-7,16H,14H2,1H3,(H,17,18). The molecule has 0 bridgehead atoms. The minimum absolute atomic E-state index is 0.137. The predicted molar refractivity (Wildman–Crippen MR) is 70.1 cm³/mol. The van der Waals surface area contributed by atoms with Crippen molar-refractivity contribution >= 4 is 23.0 Å². The summed E-state index contributed by atoms with van der Waals surface area (Å²) in [5, 5.41) is 12.1. The number of nitrogen functional groups attached to an aromatic ring is 1. The van der Waals surface area contributed by atoms with Gasteiger partial charge in [0, 0.05) is 6.20 Å². The summed E-state index contributed by atoms with van der Waals surface area (Å²) in [7, 11) is 0. The van der Waals surface area contributed by atoms with Crippen molar-refractivity contribution in [1.82, 2.24) is 4.98 Å². The van der Waals surface area contributed by atoms with Crippen molar-refractivity contribution in [2.45, 2.75) is 6.92 Å². The summed E-state index contributed by atoms with van der Waals surface area (Å²) in [6.07, 6.45) is 3.31. The fraction of sp³-hybridized carbons (Fsp3) is 0.0769. The number of hydrogen-bond donors (Lipinski definition) is 3. The molecule has 0 aliphatic carbocycles. The van der Waals surface area contributed by atoms with E-state index in [-0.39, 0.29) is 5.56 Å². The second-order valence-electron chi connectivity index (χ2n) is 3.89. The van der Waals surface area contributed by atoms with Crippen molar-refractivity contribution in [3.05, 3.63) is 47.8 Å². The van der Waals surface area contributed by atoms with Crippen LogP contribution < -0.4 is 11.1 Å². The van der Waals surface area contributed by atoms with E-state index >= 15 is 0 Å².